The predicted octanol–water partition coefficient (Wildman–Crippen LogP) is 3.79. The Morgan fingerprint density at radius 1 is 1.19 bits per heavy atom. The summed E-state index contributed by atoms with van der Waals surface area (Å²) in [6.07, 6.45) is 2.24. The highest BCUT2D eigenvalue weighted by Gasteiger charge is 2.15. The molecule has 2 aromatic heterocycles. The first-order valence-electron chi connectivity index (χ1n) is 8.64. The number of carbonyl (C=O) groups is 1. The molecule has 0 unspecified atom stereocenters. The van der Waals surface area contributed by atoms with Crippen LogP contribution in [0.5, 0.6) is 0 Å². The Bertz CT molecular complexity index is 1060. The number of halogens is 1. The number of rotatable bonds is 5. The number of fused-ring (bicyclic) bond motifs is 1. The van der Waals surface area contributed by atoms with Crippen LogP contribution >= 0.6 is 15.9 Å². The molecule has 27 heavy (non-hydrogen) atoms. The molecule has 0 spiro atoms. The van der Waals surface area contributed by atoms with Crippen LogP contribution in [0.1, 0.15) is 21.9 Å². The summed E-state index contributed by atoms with van der Waals surface area (Å²) in [6, 6.07) is 15.7. The fraction of sp³-hybridized carbons (Fsp3) is 0.150. The first kappa shape index (κ1) is 17.5. The molecule has 0 aliphatic rings. The zero-order chi connectivity index (χ0) is 18.8. The van der Waals surface area contributed by atoms with Gasteiger partial charge in [0.2, 0.25) is 0 Å². The predicted molar refractivity (Wildman–Crippen MR) is 108 cm³/mol. The molecule has 136 valence electrons. The maximum Gasteiger partial charge on any atom is 0.254 e. The molecule has 2 N–H and O–H groups in total. The summed E-state index contributed by atoms with van der Waals surface area (Å²) in [6.45, 7) is 2.39. The van der Waals surface area contributed by atoms with E-state index in [2.05, 4.69) is 36.3 Å². The van der Waals surface area contributed by atoms with E-state index in [4.69, 9.17) is 0 Å². The summed E-state index contributed by atoms with van der Waals surface area (Å²) in [5, 5.41) is 7.30. The van der Waals surface area contributed by atoms with Gasteiger partial charge in [0.25, 0.3) is 5.91 Å². The second kappa shape index (κ2) is 7.36. The lowest BCUT2D eigenvalue weighted by Gasteiger charge is -2.06. The van der Waals surface area contributed by atoms with Crippen LogP contribution in [0.2, 0.25) is 0 Å². The lowest BCUT2D eigenvalue weighted by molar-refractivity contribution is 0.0953. The molecule has 0 atom stereocenters. The van der Waals surface area contributed by atoms with Crippen molar-refractivity contribution in [1.29, 1.82) is 0 Å². The van der Waals surface area contributed by atoms with E-state index >= 15 is 0 Å². The number of hydrogen-bond donors (Lipinski definition) is 2. The Morgan fingerprint density at radius 2 is 1.96 bits per heavy atom. The number of hydrogen-bond acceptors (Lipinski definition) is 3. The maximum atomic E-state index is 12.5. The summed E-state index contributed by atoms with van der Waals surface area (Å²) in [7, 11) is 0. The van der Waals surface area contributed by atoms with Gasteiger partial charge in [-0.15, -0.1) is 0 Å². The largest absolute Gasteiger partial charge is 0.351 e. The van der Waals surface area contributed by atoms with Gasteiger partial charge in [-0.3, -0.25) is 4.79 Å². The molecule has 0 aliphatic carbocycles. The van der Waals surface area contributed by atoms with Crippen molar-refractivity contribution in [2.75, 3.05) is 6.54 Å². The monoisotopic (exact) mass is 423 g/mol. The zero-order valence-corrected chi connectivity index (χ0v) is 16.3. The molecule has 4 rings (SSSR count). The van der Waals surface area contributed by atoms with Crippen LogP contribution in [0.4, 0.5) is 0 Å². The van der Waals surface area contributed by atoms with Crippen LogP contribution < -0.4 is 5.32 Å². The van der Waals surface area contributed by atoms with Crippen molar-refractivity contribution in [1.82, 2.24) is 25.1 Å². The Balaban J connectivity index is 1.41. The van der Waals surface area contributed by atoms with Gasteiger partial charge in [0, 0.05) is 17.4 Å². The number of benzene rings is 2. The molecule has 0 saturated carbocycles. The van der Waals surface area contributed by atoms with Crippen LogP contribution in [0.3, 0.4) is 0 Å². The number of para-hydroxylation sites is 2. The van der Waals surface area contributed by atoms with Gasteiger partial charge in [-0.1, -0.05) is 28.1 Å². The SMILES string of the molecule is Cc1c(C(=O)NCCc2nc3ccccc3[nH]2)cnn1-c1ccc(Br)cc1. The van der Waals surface area contributed by atoms with Crippen LogP contribution in [0.15, 0.2) is 59.2 Å². The number of nitrogens with zero attached hydrogens (tertiary/aromatic N) is 3. The highest BCUT2D eigenvalue weighted by atomic mass is 79.9. The molecule has 2 heterocycles. The molecule has 4 aromatic rings. The summed E-state index contributed by atoms with van der Waals surface area (Å²) in [5.74, 6) is 0.728. The molecule has 0 radical (unpaired) electrons. The van der Waals surface area contributed by atoms with Crippen molar-refractivity contribution < 1.29 is 4.79 Å². The van der Waals surface area contributed by atoms with Crippen molar-refractivity contribution in [2.24, 2.45) is 0 Å². The van der Waals surface area contributed by atoms with Crippen molar-refractivity contribution in [3.8, 4) is 5.69 Å². The first-order valence-corrected chi connectivity index (χ1v) is 9.43. The molecular formula is C20H18BrN5O. The zero-order valence-electron chi connectivity index (χ0n) is 14.7. The third-order valence-corrected chi connectivity index (χ3v) is 4.94. The molecule has 1 amide bonds. The van der Waals surface area contributed by atoms with Gasteiger partial charge in [-0.2, -0.15) is 5.10 Å². The number of amides is 1. The van der Waals surface area contributed by atoms with E-state index in [1.807, 2.05) is 55.5 Å². The Hall–Kier alpha value is -2.93. The Morgan fingerprint density at radius 3 is 2.74 bits per heavy atom. The minimum Gasteiger partial charge on any atom is -0.351 e. The molecule has 0 fully saturated rings. The molecular weight excluding hydrogens is 406 g/mol. The second-order valence-corrected chi connectivity index (χ2v) is 7.15. The summed E-state index contributed by atoms with van der Waals surface area (Å²) in [4.78, 5) is 20.3. The standard InChI is InChI=1S/C20H18BrN5O/c1-13-16(12-23-26(13)15-8-6-14(21)7-9-15)20(27)22-11-10-19-24-17-4-2-3-5-18(17)25-19/h2-9,12H,10-11H2,1H3,(H,22,27)(H,24,25). The highest BCUT2D eigenvalue weighted by molar-refractivity contribution is 9.10. The number of carbonyl (C=O) groups excluding carboxylic acids is 1. The molecule has 0 saturated heterocycles. The normalized spacial score (nSPS) is 11.0. The van der Waals surface area contributed by atoms with E-state index < -0.39 is 0 Å². The average molecular weight is 424 g/mol. The third kappa shape index (κ3) is 3.64. The number of imidazole rings is 1. The molecule has 7 heteroatoms. The van der Waals surface area contributed by atoms with Crippen LogP contribution in [0.25, 0.3) is 16.7 Å². The van der Waals surface area contributed by atoms with Crippen molar-refractivity contribution in [2.45, 2.75) is 13.3 Å². The van der Waals surface area contributed by atoms with Crippen molar-refractivity contribution >= 4 is 32.9 Å². The van der Waals surface area contributed by atoms with E-state index in [0.717, 1.165) is 32.7 Å². The number of aromatic amines is 1. The van der Waals surface area contributed by atoms with Gasteiger partial charge in [-0.05, 0) is 43.3 Å². The third-order valence-electron chi connectivity index (χ3n) is 4.41. The van der Waals surface area contributed by atoms with Gasteiger partial charge < -0.3 is 10.3 Å². The molecule has 0 aliphatic heterocycles. The van der Waals surface area contributed by atoms with E-state index in [1.165, 1.54) is 0 Å². The van der Waals surface area contributed by atoms with Gasteiger partial charge in [0.15, 0.2) is 0 Å². The fourth-order valence-electron chi connectivity index (χ4n) is 2.99. The first-order chi connectivity index (χ1) is 13.1. The van der Waals surface area contributed by atoms with E-state index in [-0.39, 0.29) is 5.91 Å². The average Bonchev–Trinajstić information content (AvgIpc) is 3.25. The van der Waals surface area contributed by atoms with E-state index in [1.54, 1.807) is 10.9 Å². The van der Waals surface area contributed by atoms with E-state index in [9.17, 15) is 4.79 Å². The second-order valence-electron chi connectivity index (χ2n) is 6.24. The van der Waals surface area contributed by atoms with Crippen LogP contribution in [-0.2, 0) is 6.42 Å². The Kier molecular flexibility index (Phi) is 4.77. The van der Waals surface area contributed by atoms with Crippen LogP contribution in [0, 0.1) is 6.92 Å². The summed E-state index contributed by atoms with van der Waals surface area (Å²) in [5.41, 5.74) is 4.23. The molecule has 6 nitrogen and oxygen atoms in total. The van der Waals surface area contributed by atoms with Gasteiger partial charge in [0.05, 0.1) is 34.2 Å². The van der Waals surface area contributed by atoms with Gasteiger partial charge >= 0.3 is 0 Å². The minimum atomic E-state index is -0.132. The smallest absolute Gasteiger partial charge is 0.254 e. The number of H-pyrrole nitrogens is 1. The van der Waals surface area contributed by atoms with Gasteiger partial charge in [-0.25, -0.2) is 9.67 Å². The van der Waals surface area contributed by atoms with Crippen molar-refractivity contribution in [3.05, 3.63) is 76.3 Å². The number of nitrogens with one attached hydrogen (secondary N) is 2. The summed E-state index contributed by atoms with van der Waals surface area (Å²) < 4.78 is 2.76. The van der Waals surface area contributed by atoms with Crippen LogP contribution in [-0.4, -0.2) is 32.2 Å². The number of aromatic nitrogens is 4. The molecule has 2 aromatic carbocycles. The van der Waals surface area contributed by atoms with E-state index in [0.29, 0.717) is 18.5 Å². The topological polar surface area (TPSA) is 75.6 Å². The lowest BCUT2D eigenvalue weighted by Crippen LogP contribution is -2.26. The summed E-state index contributed by atoms with van der Waals surface area (Å²) >= 11 is 3.42. The highest BCUT2D eigenvalue weighted by Crippen LogP contribution is 2.17. The lowest BCUT2D eigenvalue weighted by atomic mass is 10.2. The quantitative estimate of drug-likeness (QED) is 0.512. The van der Waals surface area contributed by atoms with Crippen molar-refractivity contribution in [3.63, 3.8) is 0 Å². The molecule has 0 bridgehead atoms. The minimum absolute atomic E-state index is 0.132. The van der Waals surface area contributed by atoms with Gasteiger partial charge in [0.1, 0.15) is 5.82 Å². The maximum absolute atomic E-state index is 12.5. The Labute approximate surface area is 164 Å². The fourth-order valence-corrected chi connectivity index (χ4v) is 3.25.